The Balaban J connectivity index is 2.52. The van der Waals surface area contributed by atoms with Crippen LogP contribution in [0.15, 0.2) is 18.3 Å². The molecule has 2 N–H and O–H groups in total. The quantitative estimate of drug-likeness (QED) is 0.751. The molecule has 1 rings (SSSR count). The van der Waals surface area contributed by atoms with Gasteiger partial charge in [-0.25, -0.2) is 13.4 Å². The summed E-state index contributed by atoms with van der Waals surface area (Å²) in [6.07, 6.45) is 1.44. The van der Waals surface area contributed by atoms with Gasteiger partial charge in [-0.05, 0) is 13.0 Å². The fourth-order valence-electron chi connectivity index (χ4n) is 1.39. The van der Waals surface area contributed by atoms with E-state index in [1.165, 1.54) is 6.20 Å². The summed E-state index contributed by atoms with van der Waals surface area (Å²) >= 11 is 0. The van der Waals surface area contributed by atoms with Gasteiger partial charge in [-0.1, -0.05) is 13.8 Å². The van der Waals surface area contributed by atoms with Crippen molar-refractivity contribution in [3.8, 4) is 5.88 Å². The van der Waals surface area contributed by atoms with E-state index in [2.05, 4.69) is 15.0 Å². The second kappa shape index (κ2) is 7.30. The maximum atomic E-state index is 11.8. The molecule has 108 valence electrons. The van der Waals surface area contributed by atoms with E-state index in [-0.39, 0.29) is 11.8 Å². The minimum atomic E-state index is -3.35. The fraction of sp³-hybridized carbons (Fsp3) is 0.583. The maximum absolute atomic E-state index is 11.8. The second-order valence-electron chi connectivity index (χ2n) is 4.35. The van der Waals surface area contributed by atoms with Crippen molar-refractivity contribution in [2.75, 3.05) is 23.6 Å². The zero-order valence-electron chi connectivity index (χ0n) is 11.5. The molecule has 1 heterocycles. The lowest BCUT2D eigenvalue weighted by molar-refractivity contribution is 0.327. The van der Waals surface area contributed by atoms with Gasteiger partial charge in [-0.3, -0.25) is 4.72 Å². The first kappa shape index (κ1) is 15.7. The van der Waals surface area contributed by atoms with Crippen molar-refractivity contribution < 1.29 is 13.2 Å². The van der Waals surface area contributed by atoms with Crippen LogP contribution in [-0.2, 0) is 10.0 Å². The van der Waals surface area contributed by atoms with E-state index in [1.807, 2.05) is 20.8 Å². The van der Waals surface area contributed by atoms with Crippen LogP contribution in [-0.4, -0.2) is 38.3 Å². The average molecular weight is 287 g/mol. The summed E-state index contributed by atoms with van der Waals surface area (Å²) in [6.45, 7) is 6.74. The predicted molar refractivity (Wildman–Crippen MR) is 76.0 cm³/mol. The molecule has 0 spiro atoms. The molecule has 1 aromatic rings. The molecule has 0 aromatic carbocycles. The summed E-state index contributed by atoms with van der Waals surface area (Å²) in [6, 6.07) is 3.53. The summed E-state index contributed by atoms with van der Waals surface area (Å²) in [5, 5.41) is 3.06. The van der Waals surface area contributed by atoms with Gasteiger partial charge in [-0.15, -0.1) is 0 Å². The first-order valence-corrected chi connectivity index (χ1v) is 7.91. The monoisotopic (exact) mass is 287 g/mol. The number of anilines is 1. The van der Waals surface area contributed by atoms with Crippen LogP contribution >= 0.6 is 0 Å². The van der Waals surface area contributed by atoms with Crippen LogP contribution in [0.1, 0.15) is 20.8 Å². The molecule has 0 aliphatic rings. The van der Waals surface area contributed by atoms with Gasteiger partial charge in [0.25, 0.3) is 0 Å². The van der Waals surface area contributed by atoms with Crippen LogP contribution in [0.4, 0.5) is 5.69 Å². The third-order valence-corrected chi connectivity index (χ3v) is 3.51. The zero-order valence-corrected chi connectivity index (χ0v) is 12.3. The number of nitrogens with zero attached hydrogens (tertiary/aromatic N) is 1. The van der Waals surface area contributed by atoms with Crippen LogP contribution < -0.4 is 14.8 Å². The Morgan fingerprint density at radius 3 is 2.63 bits per heavy atom. The van der Waals surface area contributed by atoms with Crippen LogP contribution in [0.25, 0.3) is 0 Å². The van der Waals surface area contributed by atoms with Gasteiger partial charge >= 0.3 is 0 Å². The van der Waals surface area contributed by atoms with Gasteiger partial charge in [0.05, 0.1) is 24.2 Å². The number of pyridine rings is 1. The van der Waals surface area contributed by atoms with Gasteiger partial charge in [0.1, 0.15) is 0 Å². The summed E-state index contributed by atoms with van der Waals surface area (Å²) in [7, 11) is -3.35. The van der Waals surface area contributed by atoms with Gasteiger partial charge in [0.2, 0.25) is 15.9 Å². The molecule has 0 fully saturated rings. The highest BCUT2D eigenvalue weighted by Gasteiger charge is 2.10. The van der Waals surface area contributed by atoms with Crippen molar-refractivity contribution in [1.82, 2.24) is 10.3 Å². The highest BCUT2D eigenvalue weighted by atomic mass is 32.2. The summed E-state index contributed by atoms with van der Waals surface area (Å²) in [5.74, 6) is 0.505. The van der Waals surface area contributed by atoms with Crippen LogP contribution in [0.5, 0.6) is 5.88 Å². The normalized spacial score (nSPS) is 11.6. The molecule has 0 aliphatic heterocycles. The van der Waals surface area contributed by atoms with E-state index in [4.69, 9.17) is 4.74 Å². The first-order chi connectivity index (χ1) is 8.93. The Kier molecular flexibility index (Phi) is 6.04. The average Bonchev–Trinajstić information content (AvgIpc) is 2.31. The molecule has 7 heteroatoms. The molecule has 0 amide bonds. The summed E-state index contributed by atoms with van der Waals surface area (Å²) in [5.41, 5.74) is 0.438. The number of nitrogens with one attached hydrogen (secondary N) is 2. The molecule has 6 nitrogen and oxygen atoms in total. The summed E-state index contributed by atoms with van der Waals surface area (Å²) in [4.78, 5) is 4.00. The highest BCUT2D eigenvalue weighted by molar-refractivity contribution is 7.92. The molecule has 0 aliphatic carbocycles. The molecule has 0 saturated heterocycles. The maximum Gasteiger partial charge on any atom is 0.234 e. The van der Waals surface area contributed by atoms with Crippen LogP contribution in [0, 0.1) is 0 Å². The number of aromatic nitrogens is 1. The molecule has 0 saturated carbocycles. The number of sulfonamides is 1. The van der Waals surface area contributed by atoms with E-state index in [0.29, 0.717) is 24.7 Å². The van der Waals surface area contributed by atoms with Crippen LogP contribution in [0.2, 0.25) is 0 Å². The Hall–Kier alpha value is -1.34. The third kappa shape index (κ3) is 6.40. The van der Waals surface area contributed by atoms with Crippen molar-refractivity contribution in [3.63, 3.8) is 0 Å². The lowest BCUT2D eigenvalue weighted by atomic mass is 10.4. The van der Waals surface area contributed by atoms with Crippen molar-refractivity contribution in [2.24, 2.45) is 0 Å². The van der Waals surface area contributed by atoms with Gasteiger partial charge in [0, 0.05) is 18.7 Å². The highest BCUT2D eigenvalue weighted by Crippen LogP contribution is 2.12. The standard InChI is InChI=1S/C12H21N3O3S/c1-4-18-12-6-5-11(9-14-12)15-19(16,17)8-7-13-10(2)3/h5-6,9-10,13,15H,4,7-8H2,1-3H3. The molecule has 19 heavy (non-hydrogen) atoms. The predicted octanol–water partition coefficient (Wildman–Crippen LogP) is 1.22. The van der Waals surface area contributed by atoms with Crippen molar-refractivity contribution >= 4 is 15.7 Å². The number of rotatable bonds is 8. The van der Waals surface area contributed by atoms with Gasteiger partial charge < -0.3 is 10.1 Å². The Morgan fingerprint density at radius 1 is 1.37 bits per heavy atom. The van der Waals surface area contributed by atoms with Crippen molar-refractivity contribution in [2.45, 2.75) is 26.8 Å². The van der Waals surface area contributed by atoms with E-state index < -0.39 is 10.0 Å². The molecule has 0 radical (unpaired) electrons. The zero-order chi connectivity index (χ0) is 14.3. The Morgan fingerprint density at radius 2 is 2.11 bits per heavy atom. The van der Waals surface area contributed by atoms with E-state index in [1.54, 1.807) is 12.1 Å². The minimum Gasteiger partial charge on any atom is -0.478 e. The molecule has 0 atom stereocenters. The van der Waals surface area contributed by atoms with Gasteiger partial charge in [0.15, 0.2) is 0 Å². The molecular formula is C12H21N3O3S. The van der Waals surface area contributed by atoms with E-state index >= 15 is 0 Å². The molecular weight excluding hydrogens is 266 g/mol. The van der Waals surface area contributed by atoms with Gasteiger partial charge in [-0.2, -0.15) is 0 Å². The van der Waals surface area contributed by atoms with Crippen molar-refractivity contribution in [3.05, 3.63) is 18.3 Å². The SMILES string of the molecule is CCOc1ccc(NS(=O)(=O)CCNC(C)C)cn1. The lowest BCUT2D eigenvalue weighted by Crippen LogP contribution is -2.30. The Labute approximate surface area is 114 Å². The van der Waals surface area contributed by atoms with E-state index in [9.17, 15) is 8.42 Å². The molecule has 0 bridgehead atoms. The second-order valence-corrected chi connectivity index (χ2v) is 6.19. The molecule has 1 aromatic heterocycles. The lowest BCUT2D eigenvalue weighted by Gasteiger charge is -2.10. The smallest absolute Gasteiger partial charge is 0.234 e. The van der Waals surface area contributed by atoms with Crippen molar-refractivity contribution in [1.29, 1.82) is 0 Å². The fourth-order valence-corrected chi connectivity index (χ4v) is 2.35. The minimum absolute atomic E-state index is 0.0262. The summed E-state index contributed by atoms with van der Waals surface area (Å²) < 4.78 is 31.2. The molecule has 0 unspecified atom stereocenters. The van der Waals surface area contributed by atoms with Crippen LogP contribution in [0.3, 0.4) is 0 Å². The third-order valence-electron chi connectivity index (χ3n) is 2.23. The van der Waals surface area contributed by atoms with E-state index in [0.717, 1.165) is 0 Å². The largest absolute Gasteiger partial charge is 0.478 e. The number of hydrogen-bond acceptors (Lipinski definition) is 5. The topological polar surface area (TPSA) is 80.3 Å². The number of ether oxygens (including phenoxy) is 1. The number of hydrogen-bond donors (Lipinski definition) is 2. The first-order valence-electron chi connectivity index (χ1n) is 6.25. The Bertz CT molecular complexity index is 471.